The first-order valence-electron chi connectivity index (χ1n) is 6.29. The smallest absolute Gasteiger partial charge is 0.109 e. The predicted molar refractivity (Wildman–Crippen MR) is 65.4 cm³/mol. The zero-order chi connectivity index (χ0) is 11.4. The van der Waals surface area contributed by atoms with Crippen LogP contribution in [-0.4, -0.2) is 41.0 Å². The second-order valence-electron chi connectivity index (χ2n) is 4.55. The third-order valence-corrected chi connectivity index (χ3v) is 3.45. The Balaban J connectivity index is 1.88. The van der Waals surface area contributed by atoms with E-state index in [1.807, 2.05) is 6.20 Å². The lowest BCUT2D eigenvalue weighted by Gasteiger charge is -2.30. The van der Waals surface area contributed by atoms with Gasteiger partial charge in [0, 0.05) is 30.9 Å². The zero-order valence-electron chi connectivity index (χ0n) is 10.1. The zero-order valence-corrected chi connectivity index (χ0v) is 10.1. The normalized spacial score (nSPS) is 19.1. The topological polar surface area (TPSA) is 57.9 Å². The number of likely N-dealkylation sites (tertiary alicyclic amines) is 1. The molecule has 2 rings (SSSR count). The first kappa shape index (κ1) is 11.6. The Hall–Kier alpha value is -0.870. The van der Waals surface area contributed by atoms with E-state index in [1.165, 1.54) is 24.4 Å². The molecular formula is C12H22N4. The monoisotopic (exact) mass is 222 g/mol. The molecule has 0 amide bonds. The maximum absolute atomic E-state index is 5.57. The van der Waals surface area contributed by atoms with Crippen molar-refractivity contribution in [2.75, 3.05) is 26.2 Å². The first-order chi connectivity index (χ1) is 7.83. The summed E-state index contributed by atoms with van der Waals surface area (Å²) in [6.07, 6.45) is 5.42. The largest absolute Gasteiger partial charge is 0.346 e. The van der Waals surface area contributed by atoms with Gasteiger partial charge in [-0.1, -0.05) is 6.92 Å². The van der Waals surface area contributed by atoms with Gasteiger partial charge in [0.05, 0.1) is 0 Å². The number of aryl methyl sites for hydroxylation is 1. The molecule has 0 atom stereocenters. The van der Waals surface area contributed by atoms with E-state index >= 15 is 0 Å². The number of hydrogen-bond donors (Lipinski definition) is 2. The quantitative estimate of drug-likeness (QED) is 0.802. The van der Waals surface area contributed by atoms with E-state index in [0.29, 0.717) is 5.92 Å². The molecule has 0 saturated carbocycles. The molecule has 0 aliphatic carbocycles. The third kappa shape index (κ3) is 2.62. The summed E-state index contributed by atoms with van der Waals surface area (Å²) in [5.74, 6) is 1.80. The summed E-state index contributed by atoms with van der Waals surface area (Å²) in [4.78, 5) is 10.4. The van der Waals surface area contributed by atoms with Gasteiger partial charge in [0.25, 0.3) is 0 Å². The Kier molecular flexibility index (Phi) is 3.96. The summed E-state index contributed by atoms with van der Waals surface area (Å²) in [6, 6.07) is 0. The van der Waals surface area contributed by atoms with Crippen molar-refractivity contribution in [1.82, 2.24) is 14.9 Å². The highest BCUT2D eigenvalue weighted by Gasteiger charge is 2.21. The van der Waals surface area contributed by atoms with Crippen LogP contribution in [0.5, 0.6) is 0 Å². The Labute approximate surface area is 97.2 Å². The minimum absolute atomic E-state index is 0.620. The molecule has 1 aliphatic rings. The van der Waals surface area contributed by atoms with Gasteiger partial charge in [0.15, 0.2) is 0 Å². The van der Waals surface area contributed by atoms with Crippen LogP contribution in [0.3, 0.4) is 0 Å². The molecule has 4 nitrogen and oxygen atoms in total. The molecule has 4 heteroatoms. The lowest BCUT2D eigenvalue weighted by Crippen LogP contribution is -2.36. The van der Waals surface area contributed by atoms with Crippen LogP contribution in [0.1, 0.15) is 37.2 Å². The molecule has 1 fully saturated rings. The van der Waals surface area contributed by atoms with Crippen molar-refractivity contribution in [3.8, 4) is 0 Å². The number of hydrogen-bond acceptors (Lipinski definition) is 3. The number of rotatable bonds is 4. The fourth-order valence-corrected chi connectivity index (χ4v) is 2.38. The molecular weight excluding hydrogens is 200 g/mol. The second-order valence-corrected chi connectivity index (χ2v) is 4.55. The van der Waals surface area contributed by atoms with Crippen molar-refractivity contribution in [2.45, 2.75) is 32.1 Å². The maximum Gasteiger partial charge on any atom is 0.109 e. The van der Waals surface area contributed by atoms with Crippen molar-refractivity contribution in [1.29, 1.82) is 0 Å². The third-order valence-electron chi connectivity index (χ3n) is 3.45. The molecule has 2 heterocycles. The van der Waals surface area contributed by atoms with E-state index in [-0.39, 0.29) is 0 Å². The molecule has 1 aromatic heterocycles. The molecule has 1 aromatic rings. The van der Waals surface area contributed by atoms with E-state index in [9.17, 15) is 0 Å². The number of H-pyrrole nitrogens is 1. The lowest BCUT2D eigenvalue weighted by molar-refractivity contribution is 0.215. The average molecular weight is 222 g/mol. The van der Waals surface area contributed by atoms with Gasteiger partial charge in [0.2, 0.25) is 0 Å². The van der Waals surface area contributed by atoms with E-state index in [4.69, 9.17) is 5.73 Å². The summed E-state index contributed by atoms with van der Waals surface area (Å²) in [6.45, 7) is 6.27. The SMILES string of the molecule is CCc1cnc(C2CCN(CCN)CC2)[nH]1. The first-order valence-corrected chi connectivity index (χ1v) is 6.29. The van der Waals surface area contributed by atoms with Crippen molar-refractivity contribution in [3.63, 3.8) is 0 Å². The highest BCUT2D eigenvalue weighted by Crippen LogP contribution is 2.25. The van der Waals surface area contributed by atoms with Crippen molar-refractivity contribution in [2.24, 2.45) is 5.73 Å². The Bertz CT molecular complexity index is 313. The summed E-state index contributed by atoms with van der Waals surface area (Å²) in [5, 5.41) is 0. The van der Waals surface area contributed by atoms with E-state index in [2.05, 4.69) is 21.8 Å². The molecule has 0 spiro atoms. The van der Waals surface area contributed by atoms with E-state index < -0.39 is 0 Å². The van der Waals surface area contributed by atoms with Crippen LogP contribution in [0.2, 0.25) is 0 Å². The molecule has 0 bridgehead atoms. The minimum Gasteiger partial charge on any atom is -0.346 e. The van der Waals surface area contributed by atoms with Gasteiger partial charge in [-0.25, -0.2) is 4.98 Å². The fourth-order valence-electron chi connectivity index (χ4n) is 2.38. The number of nitrogens with two attached hydrogens (primary N) is 1. The van der Waals surface area contributed by atoms with Crippen LogP contribution < -0.4 is 5.73 Å². The standard InChI is InChI=1S/C12H22N4/c1-2-11-9-14-12(15-11)10-3-6-16(7-4-10)8-5-13/h9-10H,2-8,13H2,1H3,(H,14,15). The molecule has 90 valence electrons. The second kappa shape index (κ2) is 5.46. The van der Waals surface area contributed by atoms with E-state index in [0.717, 1.165) is 32.6 Å². The summed E-state index contributed by atoms with van der Waals surface area (Å²) in [7, 11) is 0. The fraction of sp³-hybridized carbons (Fsp3) is 0.750. The summed E-state index contributed by atoms with van der Waals surface area (Å²) in [5.41, 5.74) is 6.82. The molecule has 1 saturated heterocycles. The number of aromatic nitrogens is 2. The van der Waals surface area contributed by atoms with Gasteiger partial charge in [0.1, 0.15) is 5.82 Å². The molecule has 16 heavy (non-hydrogen) atoms. The average Bonchev–Trinajstić information content (AvgIpc) is 2.79. The van der Waals surface area contributed by atoms with Crippen LogP contribution >= 0.6 is 0 Å². The molecule has 0 aromatic carbocycles. The highest BCUT2D eigenvalue weighted by molar-refractivity contribution is 5.06. The van der Waals surface area contributed by atoms with Gasteiger partial charge in [-0.15, -0.1) is 0 Å². The molecule has 0 unspecified atom stereocenters. The molecule has 3 N–H and O–H groups in total. The number of piperidine rings is 1. The van der Waals surface area contributed by atoms with Crippen molar-refractivity contribution >= 4 is 0 Å². The van der Waals surface area contributed by atoms with Crippen LogP contribution in [0.25, 0.3) is 0 Å². The van der Waals surface area contributed by atoms with Gasteiger partial charge in [-0.3, -0.25) is 0 Å². The van der Waals surface area contributed by atoms with Crippen LogP contribution in [-0.2, 0) is 6.42 Å². The van der Waals surface area contributed by atoms with Gasteiger partial charge >= 0.3 is 0 Å². The van der Waals surface area contributed by atoms with Gasteiger partial charge in [-0.05, 0) is 32.4 Å². The van der Waals surface area contributed by atoms with E-state index in [1.54, 1.807) is 0 Å². The van der Waals surface area contributed by atoms with Gasteiger partial charge < -0.3 is 15.6 Å². The predicted octanol–water partition coefficient (Wildman–Crippen LogP) is 1.11. The van der Waals surface area contributed by atoms with Crippen LogP contribution in [0, 0.1) is 0 Å². The Morgan fingerprint density at radius 1 is 1.50 bits per heavy atom. The number of nitrogens with one attached hydrogen (secondary N) is 1. The van der Waals surface area contributed by atoms with Gasteiger partial charge in [-0.2, -0.15) is 0 Å². The maximum atomic E-state index is 5.57. The number of aromatic amines is 1. The summed E-state index contributed by atoms with van der Waals surface area (Å²) < 4.78 is 0. The summed E-state index contributed by atoms with van der Waals surface area (Å²) >= 11 is 0. The molecule has 0 radical (unpaired) electrons. The Morgan fingerprint density at radius 3 is 2.81 bits per heavy atom. The molecule has 1 aliphatic heterocycles. The van der Waals surface area contributed by atoms with Crippen molar-refractivity contribution in [3.05, 3.63) is 17.7 Å². The van der Waals surface area contributed by atoms with Crippen LogP contribution in [0.15, 0.2) is 6.20 Å². The number of nitrogens with zero attached hydrogens (tertiary/aromatic N) is 2. The number of imidazole rings is 1. The highest BCUT2D eigenvalue weighted by atomic mass is 15.1. The van der Waals surface area contributed by atoms with Crippen molar-refractivity contribution < 1.29 is 0 Å². The Morgan fingerprint density at radius 2 is 2.25 bits per heavy atom. The minimum atomic E-state index is 0.620. The lowest BCUT2D eigenvalue weighted by atomic mass is 9.96. The van der Waals surface area contributed by atoms with Crippen LogP contribution in [0.4, 0.5) is 0 Å².